The van der Waals surface area contributed by atoms with Crippen LogP contribution in [-0.2, 0) is 14.3 Å². The number of piperidine rings is 1. The number of carbonyl (C=O) groups excluding carboxylic acids is 1. The molecule has 0 spiro atoms. The highest BCUT2D eigenvalue weighted by atomic mass is 16.6. The lowest BCUT2D eigenvalue weighted by Crippen LogP contribution is -2.62. The van der Waals surface area contributed by atoms with E-state index in [-0.39, 0.29) is 22.8 Å². The lowest BCUT2D eigenvalue weighted by atomic mass is 9.44. The summed E-state index contributed by atoms with van der Waals surface area (Å²) in [4.78, 5) is 26.0. The lowest BCUT2D eigenvalue weighted by Gasteiger charge is -2.63. The molecule has 4 aliphatic carbocycles. The van der Waals surface area contributed by atoms with Gasteiger partial charge in [-0.2, -0.15) is 0 Å². The molecule has 6 heteroatoms. The molecule has 0 radical (unpaired) electrons. The largest absolute Gasteiger partial charge is 0.481 e. The van der Waals surface area contributed by atoms with Crippen molar-refractivity contribution in [3.8, 4) is 0 Å². The second-order valence-electron chi connectivity index (χ2n) is 12.4. The first-order valence-corrected chi connectivity index (χ1v) is 13.1. The molecule has 5 fully saturated rings. The fraction of sp³-hybridized carbons (Fsp3) is 0.923. The number of ether oxygens (including phenoxy) is 1. The first-order valence-electron chi connectivity index (χ1n) is 13.1. The van der Waals surface area contributed by atoms with Crippen LogP contribution < -0.4 is 5.73 Å². The van der Waals surface area contributed by atoms with Gasteiger partial charge in [-0.3, -0.25) is 14.5 Å². The Morgan fingerprint density at radius 1 is 0.969 bits per heavy atom. The monoisotopic (exact) mass is 446 g/mol. The van der Waals surface area contributed by atoms with Crippen molar-refractivity contribution >= 4 is 12.4 Å². The maximum atomic E-state index is 12.0. The van der Waals surface area contributed by atoms with E-state index in [0.29, 0.717) is 30.1 Å². The van der Waals surface area contributed by atoms with Gasteiger partial charge < -0.3 is 15.6 Å². The minimum absolute atomic E-state index is 0.0260. The molecule has 5 aliphatic rings. The summed E-state index contributed by atoms with van der Waals surface area (Å²) in [6, 6.07) is 0.265. The van der Waals surface area contributed by atoms with Crippen molar-refractivity contribution in [3.63, 3.8) is 0 Å². The maximum absolute atomic E-state index is 12.0. The number of nitrogens with two attached hydrogens (primary N) is 1. The molecule has 1 heterocycles. The number of fused-ring (bicyclic) bond motifs is 5. The number of carbonyl (C=O) groups is 2. The number of carboxylic acids is 1. The summed E-state index contributed by atoms with van der Waals surface area (Å²) in [5.74, 6) is 1.71. The van der Waals surface area contributed by atoms with Crippen LogP contribution in [-0.4, -0.2) is 47.3 Å². The summed E-state index contributed by atoms with van der Waals surface area (Å²) in [7, 11) is 0. The van der Waals surface area contributed by atoms with Crippen molar-refractivity contribution in [2.24, 2.45) is 46.2 Å². The van der Waals surface area contributed by atoms with Gasteiger partial charge in [-0.15, -0.1) is 0 Å². The summed E-state index contributed by atoms with van der Waals surface area (Å²) in [6.45, 7) is 7.30. The van der Waals surface area contributed by atoms with Gasteiger partial charge in [0.05, 0.1) is 5.92 Å². The van der Waals surface area contributed by atoms with Gasteiger partial charge in [-0.1, -0.05) is 13.8 Å². The Balaban J connectivity index is 1.36. The first kappa shape index (κ1) is 22.6. The summed E-state index contributed by atoms with van der Waals surface area (Å²) >= 11 is 0. The predicted molar refractivity (Wildman–Crippen MR) is 122 cm³/mol. The molecule has 8 atom stereocenters. The van der Waals surface area contributed by atoms with E-state index >= 15 is 0 Å². The zero-order chi connectivity index (χ0) is 22.7. The SMILES string of the molecule is C[C@]12CCC(OC=O)(N3CCC(N)CC3)CC1CC[C@@H]1[C@@H]2CC[C@]2(C)C(C(=O)O)CC[C@@H]12. The fourth-order valence-electron chi connectivity index (χ4n) is 9.48. The second-order valence-corrected chi connectivity index (χ2v) is 12.4. The van der Waals surface area contributed by atoms with Crippen molar-refractivity contribution < 1.29 is 19.4 Å². The van der Waals surface area contributed by atoms with Gasteiger partial charge in [-0.25, -0.2) is 0 Å². The van der Waals surface area contributed by atoms with E-state index in [1.165, 1.54) is 12.8 Å². The highest BCUT2D eigenvalue weighted by Gasteiger charge is 2.63. The number of hydrogen-bond acceptors (Lipinski definition) is 5. The molecule has 180 valence electrons. The molecule has 1 aliphatic heterocycles. The number of carboxylic acid groups (broad SMARTS) is 1. The molecule has 1 saturated heterocycles. The summed E-state index contributed by atoms with van der Waals surface area (Å²) < 4.78 is 5.94. The summed E-state index contributed by atoms with van der Waals surface area (Å²) in [5, 5.41) is 9.85. The molecule has 0 amide bonds. The smallest absolute Gasteiger partial charge is 0.307 e. The zero-order valence-corrected chi connectivity index (χ0v) is 19.9. The quantitative estimate of drug-likeness (QED) is 0.634. The van der Waals surface area contributed by atoms with E-state index in [1.54, 1.807) is 0 Å². The molecule has 0 aromatic carbocycles. The molecule has 0 aromatic rings. The topological polar surface area (TPSA) is 92.9 Å². The molecule has 3 N–H and O–H groups in total. The number of rotatable bonds is 4. The van der Waals surface area contributed by atoms with E-state index in [1.807, 2.05) is 0 Å². The number of aliphatic carboxylic acids is 1. The Kier molecular flexibility index (Phi) is 5.64. The average Bonchev–Trinajstić information content (AvgIpc) is 3.12. The van der Waals surface area contributed by atoms with Gasteiger partial charge in [0.15, 0.2) is 5.72 Å². The molecule has 4 saturated carbocycles. The van der Waals surface area contributed by atoms with E-state index in [9.17, 15) is 14.7 Å². The number of hydrogen-bond donors (Lipinski definition) is 2. The molecule has 32 heavy (non-hydrogen) atoms. The Morgan fingerprint density at radius 3 is 2.38 bits per heavy atom. The molecular formula is C26H42N2O4. The van der Waals surface area contributed by atoms with Gasteiger partial charge in [0.1, 0.15) is 0 Å². The van der Waals surface area contributed by atoms with Gasteiger partial charge in [0.2, 0.25) is 0 Å². The maximum Gasteiger partial charge on any atom is 0.307 e. The van der Waals surface area contributed by atoms with Crippen LogP contribution in [0, 0.1) is 40.4 Å². The molecule has 3 unspecified atom stereocenters. The van der Waals surface area contributed by atoms with Gasteiger partial charge in [-0.05, 0) is 92.3 Å². The molecule has 0 bridgehead atoms. The first-order chi connectivity index (χ1) is 15.2. The van der Waals surface area contributed by atoms with Gasteiger partial charge in [0, 0.05) is 32.0 Å². The van der Waals surface area contributed by atoms with Crippen LogP contribution in [0.5, 0.6) is 0 Å². The van der Waals surface area contributed by atoms with E-state index < -0.39 is 11.7 Å². The molecule has 5 rings (SSSR count). The Hall–Kier alpha value is -1.14. The fourth-order valence-corrected chi connectivity index (χ4v) is 9.48. The summed E-state index contributed by atoms with van der Waals surface area (Å²) in [6.07, 6.45) is 11.4. The van der Waals surface area contributed by atoms with Crippen LogP contribution in [0.15, 0.2) is 0 Å². The van der Waals surface area contributed by atoms with Crippen LogP contribution >= 0.6 is 0 Å². The molecular weight excluding hydrogens is 404 g/mol. The van der Waals surface area contributed by atoms with E-state index in [0.717, 1.165) is 70.9 Å². The van der Waals surface area contributed by atoms with Crippen LogP contribution in [0.3, 0.4) is 0 Å². The van der Waals surface area contributed by atoms with E-state index in [4.69, 9.17) is 10.5 Å². The zero-order valence-electron chi connectivity index (χ0n) is 19.9. The normalized spacial score (nSPS) is 49.5. The average molecular weight is 447 g/mol. The van der Waals surface area contributed by atoms with Crippen LogP contribution in [0.4, 0.5) is 0 Å². The number of nitrogens with zero attached hydrogens (tertiary/aromatic N) is 1. The van der Waals surface area contributed by atoms with Crippen LogP contribution in [0.2, 0.25) is 0 Å². The molecule has 0 aromatic heterocycles. The Labute approximate surface area is 192 Å². The van der Waals surface area contributed by atoms with Crippen molar-refractivity contribution in [2.75, 3.05) is 13.1 Å². The van der Waals surface area contributed by atoms with Crippen molar-refractivity contribution in [1.82, 2.24) is 4.90 Å². The highest BCUT2D eigenvalue weighted by Crippen LogP contribution is 2.68. The minimum Gasteiger partial charge on any atom is -0.481 e. The van der Waals surface area contributed by atoms with Gasteiger partial charge >= 0.3 is 5.97 Å². The highest BCUT2D eigenvalue weighted by molar-refractivity contribution is 5.71. The van der Waals surface area contributed by atoms with Crippen LogP contribution in [0.25, 0.3) is 0 Å². The Bertz CT molecular complexity index is 752. The third kappa shape index (κ3) is 3.26. The minimum atomic E-state index is -0.581. The summed E-state index contributed by atoms with van der Waals surface area (Å²) in [5.41, 5.74) is 5.94. The molecule has 6 nitrogen and oxygen atoms in total. The standard InChI is InChI=1S/C26H42N2O4/c1-24-11-12-26(32-16-29,28-13-8-18(27)9-14-28)15-17(24)3-4-19-20-5-6-22(23(30)31)25(20,2)10-7-21(19)24/h16-22H,3-15,27H2,1-2H3,(H,30,31)/t17?,19-,20-,21-,22?,24-,25-,26?/m0/s1. The van der Waals surface area contributed by atoms with Crippen molar-refractivity contribution in [2.45, 2.75) is 96.2 Å². The van der Waals surface area contributed by atoms with E-state index in [2.05, 4.69) is 18.7 Å². The predicted octanol–water partition coefficient (Wildman–Crippen LogP) is 4.02. The Morgan fingerprint density at radius 2 is 1.69 bits per heavy atom. The third-order valence-corrected chi connectivity index (χ3v) is 11.4. The van der Waals surface area contributed by atoms with Gasteiger partial charge in [0.25, 0.3) is 6.47 Å². The van der Waals surface area contributed by atoms with Crippen molar-refractivity contribution in [3.05, 3.63) is 0 Å². The van der Waals surface area contributed by atoms with Crippen molar-refractivity contribution in [1.29, 1.82) is 0 Å². The lowest BCUT2D eigenvalue weighted by molar-refractivity contribution is -0.218. The van der Waals surface area contributed by atoms with Crippen LogP contribution in [0.1, 0.15) is 84.5 Å². The number of likely N-dealkylation sites (tertiary alicyclic amines) is 1. The second kappa shape index (κ2) is 7.97. The third-order valence-electron chi connectivity index (χ3n) is 11.4.